The number of carbonyl (C=O) groups is 1. The molecule has 1 aromatic carbocycles. The smallest absolute Gasteiger partial charge is 0.251 e. The van der Waals surface area contributed by atoms with Crippen LogP contribution in [0.5, 0.6) is 0 Å². The lowest BCUT2D eigenvalue weighted by Crippen LogP contribution is -2.48. The summed E-state index contributed by atoms with van der Waals surface area (Å²) in [5.41, 5.74) is 2.41. The number of rotatable bonds is 3. The van der Waals surface area contributed by atoms with Gasteiger partial charge in [0.2, 0.25) is 0 Å². The molecule has 6 heteroatoms. The minimum Gasteiger partial charge on any atom is -0.349 e. The molecule has 5 nitrogen and oxygen atoms in total. The van der Waals surface area contributed by atoms with E-state index in [1.165, 1.54) is 18.9 Å². The zero-order chi connectivity index (χ0) is 17.6. The van der Waals surface area contributed by atoms with Crippen LogP contribution in [0.4, 0.5) is 4.39 Å². The van der Waals surface area contributed by atoms with Crippen LogP contribution in [0.3, 0.4) is 0 Å². The molecule has 2 saturated heterocycles. The van der Waals surface area contributed by atoms with Crippen LogP contribution >= 0.6 is 0 Å². The molecule has 2 N–H and O–H groups in total. The van der Waals surface area contributed by atoms with Gasteiger partial charge in [0, 0.05) is 29.4 Å². The topological polar surface area (TPSA) is 59.0 Å². The van der Waals surface area contributed by atoms with Gasteiger partial charge in [-0.3, -0.25) is 4.79 Å². The molecule has 0 aliphatic carbocycles. The summed E-state index contributed by atoms with van der Waals surface area (Å²) in [6.07, 6.45) is 4.27. The fraction of sp³-hybridized carbons (Fsp3) is 0.474. The predicted octanol–water partition coefficient (Wildman–Crippen LogP) is 2.64. The molecule has 25 heavy (non-hydrogen) atoms. The fourth-order valence-corrected chi connectivity index (χ4v) is 4.14. The normalized spacial score (nSPS) is 25.2. The Morgan fingerprint density at radius 3 is 2.56 bits per heavy atom. The maximum Gasteiger partial charge on any atom is 0.251 e. The summed E-state index contributed by atoms with van der Waals surface area (Å²) in [6.45, 7) is 3.75. The van der Waals surface area contributed by atoms with Gasteiger partial charge in [0.1, 0.15) is 11.5 Å². The van der Waals surface area contributed by atoms with E-state index in [0.717, 1.165) is 24.2 Å². The zero-order valence-electron chi connectivity index (χ0n) is 14.6. The van der Waals surface area contributed by atoms with Gasteiger partial charge < -0.3 is 10.6 Å². The third-order valence-corrected chi connectivity index (χ3v) is 5.26. The highest BCUT2D eigenvalue weighted by molar-refractivity contribution is 5.94. The van der Waals surface area contributed by atoms with Crippen LogP contribution < -0.4 is 10.6 Å². The minimum absolute atomic E-state index is 0.171. The van der Waals surface area contributed by atoms with E-state index in [2.05, 4.69) is 15.7 Å². The highest BCUT2D eigenvalue weighted by atomic mass is 19.1. The number of halogens is 1. The van der Waals surface area contributed by atoms with Crippen molar-refractivity contribution in [1.82, 2.24) is 20.4 Å². The van der Waals surface area contributed by atoms with Crippen LogP contribution in [-0.2, 0) is 0 Å². The maximum absolute atomic E-state index is 14.5. The number of aromatic nitrogens is 2. The highest BCUT2D eigenvalue weighted by Gasteiger charge is 2.34. The highest BCUT2D eigenvalue weighted by Crippen LogP contribution is 2.27. The number of nitrogens with one attached hydrogen (secondary N) is 2. The fourth-order valence-electron chi connectivity index (χ4n) is 4.14. The lowest BCUT2D eigenvalue weighted by Gasteiger charge is -2.29. The third kappa shape index (κ3) is 3.18. The van der Waals surface area contributed by atoms with Gasteiger partial charge in [-0.15, -0.1) is 0 Å². The number of benzene rings is 1. The van der Waals surface area contributed by atoms with E-state index in [4.69, 9.17) is 0 Å². The van der Waals surface area contributed by atoms with Crippen molar-refractivity contribution in [3.8, 4) is 5.69 Å². The van der Waals surface area contributed by atoms with E-state index in [9.17, 15) is 9.18 Å². The summed E-state index contributed by atoms with van der Waals surface area (Å²) in [5, 5.41) is 10.9. The van der Waals surface area contributed by atoms with Crippen LogP contribution in [0, 0.1) is 19.7 Å². The standard InChI is InChI=1S/C19H23FN4O/c1-11-7-12(2)24(23-11)18-6-3-13(8-17(18)20)19(25)22-16-9-14-4-5-15(10-16)21-14/h3,6-8,14-16,21H,4-5,9-10H2,1-2H3,(H,22,25). The number of aryl methyl sites for hydroxylation is 2. The van der Waals surface area contributed by atoms with Gasteiger partial charge in [0.25, 0.3) is 5.91 Å². The molecule has 2 aliphatic heterocycles. The second-order valence-electron chi connectivity index (χ2n) is 7.28. The molecule has 2 atom stereocenters. The Morgan fingerprint density at radius 2 is 1.96 bits per heavy atom. The van der Waals surface area contributed by atoms with Gasteiger partial charge >= 0.3 is 0 Å². The van der Waals surface area contributed by atoms with E-state index in [1.807, 2.05) is 19.9 Å². The minimum atomic E-state index is -0.441. The van der Waals surface area contributed by atoms with Gasteiger partial charge in [0.15, 0.2) is 0 Å². The number of piperidine rings is 1. The van der Waals surface area contributed by atoms with Crippen molar-refractivity contribution in [2.24, 2.45) is 0 Å². The molecule has 0 spiro atoms. The molecule has 3 heterocycles. The Labute approximate surface area is 146 Å². The summed E-state index contributed by atoms with van der Waals surface area (Å²) in [4.78, 5) is 12.5. The van der Waals surface area contributed by atoms with Crippen molar-refractivity contribution in [3.05, 3.63) is 47.0 Å². The second-order valence-corrected chi connectivity index (χ2v) is 7.28. The van der Waals surface area contributed by atoms with E-state index in [0.29, 0.717) is 23.3 Å². The summed E-state index contributed by atoms with van der Waals surface area (Å²) < 4.78 is 16.1. The van der Waals surface area contributed by atoms with Crippen molar-refractivity contribution >= 4 is 5.91 Å². The first-order chi connectivity index (χ1) is 12.0. The first-order valence-electron chi connectivity index (χ1n) is 8.89. The van der Waals surface area contributed by atoms with Crippen molar-refractivity contribution in [3.63, 3.8) is 0 Å². The van der Waals surface area contributed by atoms with Gasteiger partial charge in [0.05, 0.1) is 5.69 Å². The number of hydrogen-bond donors (Lipinski definition) is 2. The lowest BCUT2D eigenvalue weighted by atomic mass is 9.99. The largest absolute Gasteiger partial charge is 0.349 e. The average molecular weight is 342 g/mol. The molecule has 2 aromatic rings. The van der Waals surface area contributed by atoms with Crippen LogP contribution in [0.15, 0.2) is 24.3 Å². The monoisotopic (exact) mass is 342 g/mol. The number of nitrogens with zero attached hydrogens (tertiary/aromatic N) is 2. The number of hydrogen-bond acceptors (Lipinski definition) is 3. The lowest BCUT2D eigenvalue weighted by molar-refractivity contribution is 0.0923. The van der Waals surface area contributed by atoms with Crippen molar-refractivity contribution < 1.29 is 9.18 Å². The number of fused-ring (bicyclic) bond motifs is 2. The van der Waals surface area contributed by atoms with Gasteiger partial charge in [-0.05, 0) is 63.8 Å². The Bertz CT molecular complexity index is 804. The molecular formula is C19H23FN4O. The number of carbonyl (C=O) groups excluding carboxylic acids is 1. The summed E-state index contributed by atoms with van der Waals surface area (Å²) >= 11 is 0. The predicted molar refractivity (Wildman–Crippen MR) is 93.4 cm³/mol. The van der Waals surface area contributed by atoms with Crippen molar-refractivity contribution in [2.75, 3.05) is 0 Å². The summed E-state index contributed by atoms with van der Waals surface area (Å²) in [7, 11) is 0. The van der Waals surface area contributed by atoms with E-state index in [1.54, 1.807) is 16.8 Å². The first-order valence-corrected chi connectivity index (χ1v) is 8.89. The van der Waals surface area contributed by atoms with E-state index in [-0.39, 0.29) is 11.9 Å². The first kappa shape index (κ1) is 16.3. The third-order valence-electron chi connectivity index (χ3n) is 5.26. The molecule has 2 unspecified atom stereocenters. The SMILES string of the molecule is Cc1cc(C)n(-c2ccc(C(=O)NC3CC4CCC(C3)N4)cc2F)n1. The van der Waals surface area contributed by atoms with E-state index < -0.39 is 5.82 Å². The summed E-state index contributed by atoms with van der Waals surface area (Å²) in [6, 6.07) is 7.67. The molecule has 132 valence electrons. The van der Waals surface area contributed by atoms with Gasteiger partial charge in [-0.2, -0.15) is 5.10 Å². The molecule has 2 aliphatic rings. The maximum atomic E-state index is 14.5. The van der Waals surface area contributed by atoms with Crippen LogP contribution in [-0.4, -0.2) is 33.8 Å². The molecule has 0 saturated carbocycles. The molecule has 1 amide bonds. The Balaban J connectivity index is 1.50. The zero-order valence-corrected chi connectivity index (χ0v) is 14.6. The molecule has 0 radical (unpaired) electrons. The summed E-state index contributed by atoms with van der Waals surface area (Å²) in [5.74, 6) is -0.644. The molecule has 2 fully saturated rings. The quantitative estimate of drug-likeness (QED) is 0.901. The Kier molecular flexibility index (Phi) is 4.07. The van der Waals surface area contributed by atoms with Gasteiger partial charge in [-0.1, -0.05) is 0 Å². The van der Waals surface area contributed by atoms with E-state index >= 15 is 0 Å². The van der Waals surface area contributed by atoms with Crippen LogP contribution in [0.25, 0.3) is 5.69 Å². The average Bonchev–Trinajstić information content (AvgIpc) is 3.08. The Hall–Kier alpha value is -2.21. The molecule has 4 rings (SSSR count). The van der Waals surface area contributed by atoms with Crippen LogP contribution in [0.2, 0.25) is 0 Å². The molecular weight excluding hydrogens is 319 g/mol. The van der Waals surface area contributed by atoms with Gasteiger partial charge in [-0.25, -0.2) is 9.07 Å². The number of amides is 1. The van der Waals surface area contributed by atoms with Crippen molar-refractivity contribution in [2.45, 2.75) is 57.7 Å². The second kappa shape index (κ2) is 6.26. The van der Waals surface area contributed by atoms with Crippen LogP contribution in [0.1, 0.15) is 47.4 Å². The molecule has 2 bridgehead atoms. The Morgan fingerprint density at radius 1 is 1.24 bits per heavy atom. The molecule has 1 aromatic heterocycles. The van der Waals surface area contributed by atoms with Crippen molar-refractivity contribution in [1.29, 1.82) is 0 Å².